The second kappa shape index (κ2) is 9.79. The van der Waals surface area contributed by atoms with Crippen LogP contribution >= 0.6 is 24.8 Å². The average Bonchev–Trinajstić information content (AvgIpc) is 2.40. The maximum atomic E-state index is 12.2. The number of nitrogens with one attached hydrogen (secondary N) is 1. The Balaban J connectivity index is 0.00000180. The van der Waals surface area contributed by atoms with Crippen LogP contribution in [0.25, 0.3) is 0 Å². The molecular weight excluding hydrogens is 301 g/mol. The maximum absolute atomic E-state index is 12.2. The lowest BCUT2D eigenvalue weighted by molar-refractivity contribution is -0.136. The highest BCUT2D eigenvalue weighted by Crippen LogP contribution is 2.15. The van der Waals surface area contributed by atoms with Crippen LogP contribution in [0.4, 0.5) is 0 Å². The van der Waals surface area contributed by atoms with E-state index in [1.165, 1.54) is 6.42 Å². The molecule has 0 aromatic carbocycles. The molecule has 5 nitrogen and oxygen atoms in total. The molecule has 2 fully saturated rings. The Morgan fingerprint density at radius 2 is 2.15 bits per heavy atom. The zero-order valence-electron chi connectivity index (χ0n) is 12.3. The molecule has 120 valence electrons. The Kier molecular flexibility index (Phi) is 9.76. The van der Waals surface area contributed by atoms with E-state index >= 15 is 0 Å². The van der Waals surface area contributed by atoms with E-state index in [-0.39, 0.29) is 36.8 Å². The van der Waals surface area contributed by atoms with Gasteiger partial charge in [-0.05, 0) is 26.9 Å². The summed E-state index contributed by atoms with van der Waals surface area (Å²) in [6.07, 6.45) is 2.88. The second-order valence-electron chi connectivity index (χ2n) is 5.50. The number of piperidine rings is 1. The molecule has 1 amide bonds. The average molecular weight is 328 g/mol. The largest absolute Gasteiger partial charge is 0.375 e. The van der Waals surface area contributed by atoms with Gasteiger partial charge in [0.25, 0.3) is 0 Å². The predicted molar refractivity (Wildman–Crippen MR) is 85.0 cm³/mol. The van der Waals surface area contributed by atoms with E-state index in [2.05, 4.69) is 24.3 Å². The summed E-state index contributed by atoms with van der Waals surface area (Å²) in [5, 5.41) is 3.27. The van der Waals surface area contributed by atoms with E-state index in [9.17, 15) is 4.79 Å². The number of likely N-dealkylation sites (N-methyl/N-ethyl adjacent to an activating group) is 1. The van der Waals surface area contributed by atoms with Crippen LogP contribution in [0.15, 0.2) is 0 Å². The topological polar surface area (TPSA) is 44.8 Å². The Morgan fingerprint density at radius 1 is 1.40 bits per heavy atom. The summed E-state index contributed by atoms with van der Waals surface area (Å²) in [6, 6.07) is 0.507. The van der Waals surface area contributed by atoms with Gasteiger partial charge < -0.3 is 19.9 Å². The molecule has 2 aliphatic rings. The van der Waals surface area contributed by atoms with Gasteiger partial charge in [-0.3, -0.25) is 4.79 Å². The molecular formula is C13H27Cl2N3O2. The van der Waals surface area contributed by atoms with Crippen LogP contribution in [0.1, 0.15) is 19.3 Å². The number of ether oxygens (including phenoxy) is 1. The third-order valence-corrected chi connectivity index (χ3v) is 3.89. The van der Waals surface area contributed by atoms with Crippen molar-refractivity contribution >= 4 is 30.7 Å². The van der Waals surface area contributed by atoms with Crippen LogP contribution in [0.2, 0.25) is 0 Å². The minimum absolute atomic E-state index is 0. The molecule has 1 N–H and O–H groups in total. The van der Waals surface area contributed by atoms with Crippen molar-refractivity contribution in [1.29, 1.82) is 0 Å². The summed E-state index contributed by atoms with van der Waals surface area (Å²) < 4.78 is 5.59. The molecule has 2 unspecified atom stereocenters. The number of morpholine rings is 1. The first-order chi connectivity index (χ1) is 8.66. The molecule has 7 heteroatoms. The van der Waals surface area contributed by atoms with Crippen LogP contribution in [-0.4, -0.2) is 74.7 Å². The van der Waals surface area contributed by atoms with E-state index in [0.29, 0.717) is 12.5 Å². The van der Waals surface area contributed by atoms with Gasteiger partial charge >= 0.3 is 0 Å². The van der Waals surface area contributed by atoms with Gasteiger partial charge in [0.1, 0.15) is 0 Å². The number of halogens is 2. The number of likely N-dealkylation sites (tertiary alicyclic amines) is 1. The smallest absolute Gasteiger partial charge is 0.225 e. The maximum Gasteiger partial charge on any atom is 0.225 e. The highest BCUT2D eigenvalue weighted by atomic mass is 35.5. The lowest BCUT2D eigenvalue weighted by atomic mass is 10.0. The monoisotopic (exact) mass is 327 g/mol. The van der Waals surface area contributed by atoms with Crippen LogP contribution in [-0.2, 0) is 9.53 Å². The predicted octanol–water partition coefficient (Wildman–Crippen LogP) is 0.761. The SMILES string of the molecule is CN(C)C1CCCN(C(=O)CC2CNCCO2)C1.Cl.Cl. The molecule has 2 saturated heterocycles. The lowest BCUT2D eigenvalue weighted by Crippen LogP contribution is -2.49. The molecule has 0 aliphatic carbocycles. The fraction of sp³-hybridized carbons (Fsp3) is 0.923. The third-order valence-electron chi connectivity index (χ3n) is 3.89. The second-order valence-corrected chi connectivity index (χ2v) is 5.50. The van der Waals surface area contributed by atoms with Gasteiger partial charge in [0.05, 0.1) is 19.1 Å². The standard InChI is InChI=1S/C13H25N3O2.2ClH/c1-15(2)11-4-3-6-16(10-11)13(17)8-12-9-14-5-7-18-12;;/h11-12,14H,3-10H2,1-2H3;2*1H. The van der Waals surface area contributed by atoms with Crippen LogP contribution < -0.4 is 5.32 Å². The Labute approximate surface area is 134 Å². The Bertz CT molecular complexity index is 287. The molecule has 2 heterocycles. The summed E-state index contributed by atoms with van der Waals surface area (Å²) in [7, 11) is 4.18. The van der Waals surface area contributed by atoms with Gasteiger partial charge in [-0.25, -0.2) is 0 Å². The lowest BCUT2D eigenvalue weighted by Gasteiger charge is -2.37. The quantitative estimate of drug-likeness (QED) is 0.831. The molecule has 0 aromatic heterocycles. The molecule has 0 bridgehead atoms. The third kappa shape index (κ3) is 5.74. The summed E-state index contributed by atoms with van der Waals surface area (Å²) in [6.45, 7) is 4.20. The minimum atomic E-state index is 0. The highest BCUT2D eigenvalue weighted by molar-refractivity contribution is 5.85. The normalized spacial score (nSPS) is 26.6. The van der Waals surface area contributed by atoms with E-state index in [1.807, 2.05) is 4.90 Å². The fourth-order valence-electron chi connectivity index (χ4n) is 2.68. The highest BCUT2D eigenvalue weighted by Gasteiger charge is 2.27. The van der Waals surface area contributed by atoms with Crippen molar-refractivity contribution in [3.63, 3.8) is 0 Å². The summed E-state index contributed by atoms with van der Waals surface area (Å²) in [5.74, 6) is 0.246. The summed E-state index contributed by atoms with van der Waals surface area (Å²) in [4.78, 5) is 16.5. The van der Waals surface area contributed by atoms with Crippen LogP contribution in [0.5, 0.6) is 0 Å². The van der Waals surface area contributed by atoms with Crippen molar-refractivity contribution in [2.24, 2.45) is 0 Å². The molecule has 2 aliphatic heterocycles. The molecule has 0 aromatic rings. The van der Waals surface area contributed by atoms with Gasteiger partial charge in [0, 0.05) is 32.2 Å². The van der Waals surface area contributed by atoms with Gasteiger partial charge in [0.2, 0.25) is 5.91 Å². The van der Waals surface area contributed by atoms with Crippen molar-refractivity contribution in [1.82, 2.24) is 15.1 Å². The number of carbonyl (C=O) groups excluding carboxylic acids is 1. The van der Waals surface area contributed by atoms with Crippen molar-refractivity contribution < 1.29 is 9.53 Å². The van der Waals surface area contributed by atoms with Crippen molar-refractivity contribution in [3.8, 4) is 0 Å². The molecule has 20 heavy (non-hydrogen) atoms. The molecule has 2 atom stereocenters. The zero-order chi connectivity index (χ0) is 13.0. The minimum Gasteiger partial charge on any atom is -0.375 e. The number of rotatable bonds is 3. The van der Waals surface area contributed by atoms with Crippen molar-refractivity contribution in [3.05, 3.63) is 0 Å². The number of nitrogens with zero attached hydrogens (tertiary/aromatic N) is 2. The van der Waals surface area contributed by atoms with Crippen LogP contribution in [0, 0.1) is 0 Å². The first kappa shape index (κ1) is 19.9. The van der Waals surface area contributed by atoms with Crippen molar-refractivity contribution in [2.45, 2.75) is 31.4 Å². The molecule has 2 rings (SSSR count). The summed E-state index contributed by atoms with van der Waals surface area (Å²) >= 11 is 0. The summed E-state index contributed by atoms with van der Waals surface area (Å²) in [5.41, 5.74) is 0. The van der Waals surface area contributed by atoms with Gasteiger partial charge in [-0.2, -0.15) is 0 Å². The van der Waals surface area contributed by atoms with Gasteiger partial charge in [-0.1, -0.05) is 0 Å². The first-order valence-corrected chi connectivity index (χ1v) is 6.93. The van der Waals surface area contributed by atoms with E-state index in [0.717, 1.165) is 39.2 Å². The molecule has 0 saturated carbocycles. The number of hydrogen-bond acceptors (Lipinski definition) is 4. The van der Waals surface area contributed by atoms with Gasteiger partial charge in [-0.15, -0.1) is 24.8 Å². The van der Waals surface area contributed by atoms with Gasteiger partial charge in [0.15, 0.2) is 0 Å². The zero-order valence-corrected chi connectivity index (χ0v) is 14.0. The Hall–Kier alpha value is -0.0700. The number of hydrogen-bond donors (Lipinski definition) is 1. The number of carbonyl (C=O) groups is 1. The first-order valence-electron chi connectivity index (χ1n) is 6.93. The van der Waals surface area contributed by atoms with E-state index < -0.39 is 0 Å². The number of amides is 1. The van der Waals surface area contributed by atoms with Crippen molar-refractivity contribution in [2.75, 3.05) is 46.9 Å². The molecule has 0 spiro atoms. The van der Waals surface area contributed by atoms with E-state index in [4.69, 9.17) is 4.74 Å². The Morgan fingerprint density at radius 3 is 2.75 bits per heavy atom. The van der Waals surface area contributed by atoms with E-state index in [1.54, 1.807) is 0 Å². The fourth-order valence-corrected chi connectivity index (χ4v) is 2.68. The van der Waals surface area contributed by atoms with Crippen LogP contribution in [0.3, 0.4) is 0 Å². The molecule has 0 radical (unpaired) electrons.